The zero-order valence-electron chi connectivity index (χ0n) is 22.5. The molecule has 1 aromatic heterocycles. The van der Waals surface area contributed by atoms with Crippen LogP contribution in [0.5, 0.6) is 0 Å². The first-order valence-corrected chi connectivity index (χ1v) is 13.3. The van der Waals surface area contributed by atoms with Crippen molar-refractivity contribution >= 4 is 34.3 Å². The van der Waals surface area contributed by atoms with Gasteiger partial charge in [0.2, 0.25) is 11.8 Å². The first-order valence-electron chi connectivity index (χ1n) is 13.3. The SMILES string of the molecule is CN(CCCN1CCN(C(=O)CN)CC1)c1ccc2nccc(C(=O)NCC(=O)N3CC(F)(F)C[C@H]3C#N)c2c1. The van der Waals surface area contributed by atoms with Gasteiger partial charge in [-0.15, -0.1) is 0 Å². The molecule has 11 nitrogen and oxygen atoms in total. The number of hydrogen-bond acceptors (Lipinski definition) is 8. The number of amides is 3. The zero-order chi connectivity index (χ0) is 28.9. The number of benzene rings is 1. The number of halogens is 2. The summed E-state index contributed by atoms with van der Waals surface area (Å²) in [5.41, 5.74) is 7.25. The molecule has 0 unspecified atom stereocenters. The maximum Gasteiger partial charge on any atom is 0.268 e. The molecule has 3 amide bonds. The van der Waals surface area contributed by atoms with E-state index in [0.717, 1.165) is 43.2 Å². The van der Waals surface area contributed by atoms with Gasteiger partial charge in [-0.2, -0.15) is 5.26 Å². The van der Waals surface area contributed by atoms with Crippen molar-refractivity contribution in [1.29, 1.82) is 5.26 Å². The highest BCUT2D eigenvalue weighted by atomic mass is 19.3. The number of aromatic nitrogens is 1. The molecule has 2 aromatic rings. The van der Waals surface area contributed by atoms with E-state index in [1.165, 1.54) is 6.20 Å². The van der Waals surface area contributed by atoms with Gasteiger partial charge in [-0.25, -0.2) is 8.78 Å². The molecule has 2 saturated heterocycles. The Bertz CT molecular complexity index is 1290. The number of piperazine rings is 1. The molecule has 40 heavy (non-hydrogen) atoms. The van der Waals surface area contributed by atoms with Crippen LogP contribution >= 0.6 is 0 Å². The average Bonchev–Trinajstić information content (AvgIpc) is 3.29. The van der Waals surface area contributed by atoms with E-state index in [4.69, 9.17) is 11.0 Å². The number of nitriles is 1. The highest BCUT2D eigenvalue weighted by Gasteiger charge is 2.47. The molecule has 0 spiro atoms. The van der Waals surface area contributed by atoms with Gasteiger partial charge >= 0.3 is 0 Å². The number of rotatable bonds is 9. The number of fused-ring (bicyclic) bond motifs is 1. The van der Waals surface area contributed by atoms with Gasteiger partial charge in [0.1, 0.15) is 6.04 Å². The predicted octanol–water partition coefficient (Wildman–Crippen LogP) is 0.654. The largest absolute Gasteiger partial charge is 0.375 e. The quantitative estimate of drug-likeness (QED) is 0.459. The van der Waals surface area contributed by atoms with E-state index < -0.39 is 43.3 Å². The van der Waals surface area contributed by atoms with Crippen molar-refractivity contribution in [2.75, 3.05) is 70.9 Å². The number of pyridine rings is 1. The topological polar surface area (TPSA) is 139 Å². The molecule has 214 valence electrons. The fraction of sp³-hybridized carbons (Fsp3) is 0.519. The van der Waals surface area contributed by atoms with Crippen LogP contribution in [-0.2, 0) is 9.59 Å². The highest BCUT2D eigenvalue weighted by molar-refractivity contribution is 6.07. The van der Waals surface area contributed by atoms with Gasteiger partial charge in [-0.1, -0.05) is 0 Å². The van der Waals surface area contributed by atoms with Gasteiger partial charge in [-0.3, -0.25) is 24.3 Å². The minimum atomic E-state index is -3.12. The van der Waals surface area contributed by atoms with Crippen LogP contribution in [-0.4, -0.2) is 115 Å². The van der Waals surface area contributed by atoms with Crippen LogP contribution < -0.4 is 16.0 Å². The van der Waals surface area contributed by atoms with Crippen LogP contribution in [0.25, 0.3) is 10.9 Å². The van der Waals surface area contributed by atoms with Crippen molar-refractivity contribution in [2.45, 2.75) is 24.8 Å². The average molecular weight is 557 g/mol. The highest BCUT2D eigenvalue weighted by Crippen LogP contribution is 2.31. The van der Waals surface area contributed by atoms with E-state index in [9.17, 15) is 23.2 Å². The standard InChI is InChI=1S/C27H34F2N8O3/c1-34(7-2-8-35-9-11-36(12-10-35)24(38)16-31)19-3-4-23-22(13-19)21(5-6-32-23)26(40)33-17-25(39)37-18-27(28,29)14-20(37)15-30/h3-6,13,20H,2,7-12,14,16-18,31H2,1H3,(H,33,40)/t20-/m0/s1. The minimum Gasteiger partial charge on any atom is -0.375 e. The number of alkyl halides is 2. The molecular formula is C27H34F2N8O3. The van der Waals surface area contributed by atoms with Gasteiger partial charge in [0.05, 0.1) is 36.8 Å². The Morgan fingerprint density at radius 3 is 2.65 bits per heavy atom. The summed E-state index contributed by atoms with van der Waals surface area (Å²) in [6, 6.07) is 7.66. The summed E-state index contributed by atoms with van der Waals surface area (Å²) < 4.78 is 27.4. The number of nitrogens with zero attached hydrogens (tertiary/aromatic N) is 6. The molecule has 3 N–H and O–H groups in total. The lowest BCUT2D eigenvalue weighted by atomic mass is 10.1. The lowest BCUT2D eigenvalue weighted by Gasteiger charge is -2.34. The zero-order valence-corrected chi connectivity index (χ0v) is 22.5. The third-order valence-corrected chi connectivity index (χ3v) is 7.42. The summed E-state index contributed by atoms with van der Waals surface area (Å²) in [6.45, 7) is 3.36. The maximum atomic E-state index is 13.7. The number of nitrogens with two attached hydrogens (primary N) is 1. The van der Waals surface area contributed by atoms with Crippen molar-refractivity contribution in [3.8, 4) is 6.07 Å². The Labute approximate surface area is 231 Å². The molecule has 0 aliphatic carbocycles. The number of likely N-dealkylation sites (tertiary alicyclic amines) is 1. The molecule has 2 fully saturated rings. The Morgan fingerprint density at radius 1 is 1.20 bits per heavy atom. The minimum absolute atomic E-state index is 0.0197. The third kappa shape index (κ3) is 6.81. The monoisotopic (exact) mass is 556 g/mol. The van der Waals surface area contributed by atoms with Gasteiger partial charge in [0.25, 0.3) is 11.8 Å². The summed E-state index contributed by atoms with van der Waals surface area (Å²) in [6.07, 6.45) is 1.69. The van der Waals surface area contributed by atoms with Crippen LogP contribution in [0, 0.1) is 11.3 Å². The second-order valence-electron chi connectivity index (χ2n) is 10.2. The smallest absolute Gasteiger partial charge is 0.268 e. The Balaban J connectivity index is 1.34. The lowest BCUT2D eigenvalue weighted by Crippen LogP contribution is -2.50. The summed E-state index contributed by atoms with van der Waals surface area (Å²) >= 11 is 0. The van der Waals surface area contributed by atoms with Gasteiger partial charge in [0, 0.05) is 63.5 Å². The van der Waals surface area contributed by atoms with Crippen molar-refractivity contribution in [3.63, 3.8) is 0 Å². The third-order valence-electron chi connectivity index (χ3n) is 7.42. The van der Waals surface area contributed by atoms with Crippen molar-refractivity contribution in [2.24, 2.45) is 5.73 Å². The molecule has 1 atom stereocenters. The van der Waals surface area contributed by atoms with Crippen LogP contribution in [0.2, 0.25) is 0 Å². The first kappa shape index (κ1) is 29.1. The first-order chi connectivity index (χ1) is 19.1. The summed E-state index contributed by atoms with van der Waals surface area (Å²) in [7, 11) is 1.96. The molecular weight excluding hydrogens is 522 g/mol. The normalized spacial score (nSPS) is 18.9. The molecule has 4 rings (SSSR count). The number of hydrogen-bond donors (Lipinski definition) is 2. The van der Waals surface area contributed by atoms with Gasteiger partial charge in [0.15, 0.2) is 0 Å². The van der Waals surface area contributed by atoms with Gasteiger partial charge < -0.3 is 25.8 Å². The fourth-order valence-corrected chi connectivity index (χ4v) is 5.13. The number of carbonyl (C=O) groups is 3. The summed E-state index contributed by atoms with van der Waals surface area (Å²) in [4.78, 5) is 48.6. The van der Waals surface area contributed by atoms with Crippen molar-refractivity contribution < 1.29 is 23.2 Å². The van der Waals surface area contributed by atoms with Crippen molar-refractivity contribution in [3.05, 3.63) is 36.0 Å². The second-order valence-corrected chi connectivity index (χ2v) is 10.2. The maximum absolute atomic E-state index is 13.7. The molecule has 13 heteroatoms. The summed E-state index contributed by atoms with van der Waals surface area (Å²) in [5.74, 6) is -4.41. The molecule has 0 radical (unpaired) electrons. The lowest BCUT2D eigenvalue weighted by molar-refractivity contribution is -0.132. The molecule has 3 heterocycles. The molecule has 0 bridgehead atoms. The van der Waals surface area contributed by atoms with Crippen LogP contribution in [0.15, 0.2) is 30.5 Å². The Kier molecular flexibility index (Phi) is 9.11. The number of carbonyl (C=O) groups excluding carboxylic acids is 3. The van der Waals surface area contributed by atoms with Gasteiger partial charge in [-0.05, 0) is 37.2 Å². The number of nitrogens with one attached hydrogen (secondary N) is 1. The fourth-order valence-electron chi connectivity index (χ4n) is 5.13. The van der Waals surface area contributed by atoms with E-state index in [1.807, 2.05) is 25.2 Å². The molecule has 1 aromatic carbocycles. The Hall–Kier alpha value is -3.89. The van der Waals surface area contributed by atoms with Crippen LogP contribution in [0.1, 0.15) is 23.2 Å². The molecule has 2 aliphatic heterocycles. The predicted molar refractivity (Wildman–Crippen MR) is 145 cm³/mol. The molecule has 2 aliphatic rings. The number of anilines is 1. The Morgan fingerprint density at radius 2 is 1.95 bits per heavy atom. The second kappa shape index (κ2) is 12.5. The van der Waals surface area contributed by atoms with Crippen LogP contribution in [0.3, 0.4) is 0 Å². The van der Waals surface area contributed by atoms with E-state index >= 15 is 0 Å². The van der Waals surface area contributed by atoms with E-state index in [2.05, 4.69) is 20.1 Å². The van der Waals surface area contributed by atoms with Crippen LogP contribution in [0.4, 0.5) is 14.5 Å². The van der Waals surface area contributed by atoms with Crippen molar-refractivity contribution in [1.82, 2.24) is 25.0 Å². The van der Waals surface area contributed by atoms with E-state index in [1.54, 1.807) is 17.0 Å². The van der Waals surface area contributed by atoms with E-state index in [0.29, 0.717) is 29.6 Å². The summed E-state index contributed by atoms with van der Waals surface area (Å²) in [5, 5.41) is 12.2. The van der Waals surface area contributed by atoms with E-state index in [-0.39, 0.29) is 12.5 Å². The molecule has 0 saturated carbocycles.